The molecule has 7 nitrogen and oxygen atoms in total. The molecule has 27 heavy (non-hydrogen) atoms. The first-order chi connectivity index (χ1) is 13.1. The molecule has 1 heterocycles. The molecule has 0 aliphatic rings. The van der Waals surface area contributed by atoms with Crippen LogP contribution in [-0.2, 0) is 16.0 Å². The van der Waals surface area contributed by atoms with Gasteiger partial charge in [0.1, 0.15) is 5.82 Å². The first kappa shape index (κ1) is 20.2. The number of rotatable bonds is 9. The van der Waals surface area contributed by atoms with Crippen LogP contribution in [-0.4, -0.2) is 37.2 Å². The monoisotopic (exact) mass is 372 g/mol. The maximum Gasteiger partial charge on any atom is 0.338 e. The number of hydrogen-bond donors (Lipinski definition) is 1. The highest BCUT2D eigenvalue weighted by Gasteiger charge is 2.11. The lowest BCUT2D eigenvalue weighted by atomic mass is 10.1. The van der Waals surface area contributed by atoms with Gasteiger partial charge in [-0.25, -0.2) is 9.78 Å². The summed E-state index contributed by atoms with van der Waals surface area (Å²) in [6.07, 6.45) is 2.26. The number of hydrogen-bond acceptors (Lipinski definition) is 6. The smallest absolute Gasteiger partial charge is 0.338 e. The van der Waals surface area contributed by atoms with Gasteiger partial charge < -0.3 is 19.5 Å². The highest BCUT2D eigenvalue weighted by atomic mass is 16.5. The predicted molar refractivity (Wildman–Crippen MR) is 101 cm³/mol. The molecular formula is C20H24N2O5. The van der Waals surface area contributed by atoms with Gasteiger partial charge in [-0.1, -0.05) is 6.07 Å². The van der Waals surface area contributed by atoms with Gasteiger partial charge in [0.15, 0.2) is 11.5 Å². The fourth-order valence-corrected chi connectivity index (χ4v) is 2.45. The maximum atomic E-state index is 12.2. The first-order valence-electron chi connectivity index (χ1n) is 8.80. The van der Waals surface area contributed by atoms with Crippen molar-refractivity contribution in [3.63, 3.8) is 0 Å². The second kappa shape index (κ2) is 10.2. The molecule has 2 aromatic rings. The zero-order valence-corrected chi connectivity index (χ0v) is 15.8. The van der Waals surface area contributed by atoms with Crippen LogP contribution in [0.3, 0.4) is 0 Å². The van der Waals surface area contributed by atoms with E-state index in [1.807, 2.05) is 25.1 Å². The van der Waals surface area contributed by atoms with E-state index in [-0.39, 0.29) is 18.9 Å². The van der Waals surface area contributed by atoms with Crippen molar-refractivity contribution in [2.75, 3.05) is 25.6 Å². The van der Waals surface area contributed by atoms with Gasteiger partial charge in [-0.05, 0) is 50.1 Å². The van der Waals surface area contributed by atoms with Crippen molar-refractivity contribution < 1.29 is 23.8 Å². The summed E-state index contributed by atoms with van der Waals surface area (Å²) < 4.78 is 15.7. The SMILES string of the molecule is CCOC(=O)c1ccnc(NC(=O)CCc2ccc(OCC)c(OC)c2)c1. The van der Waals surface area contributed by atoms with Crippen LogP contribution >= 0.6 is 0 Å². The third-order valence-corrected chi connectivity index (χ3v) is 3.71. The van der Waals surface area contributed by atoms with E-state index in [0.717, 1.165) is 5.56 Å². The lowest BCUT2D eigenvalue weighted by Gasteiger charge is -2.11. The Kier molecular flexibility index (Phi) is 7.61. The van der Waals surface area contributed by atoms with Crippen molar-refractivity contribution in [3.8, 4) is 11.5 Å². The van der Waals surface area contributed by atoms with E-state index in [9.17, 15) is 9.59 Å². The Labute approximate surface area is 158 Å². The van der Waals surface area contributed by atoms with Crippen molar-refractivity contribution >= 4 is 17.7 Å². The van der Waals surface area contributed by atoms with Crippen molar-refractivity contribution in [2.24, 2.45) is 0 Å². The minimum atomic E-state index is -0.447. The van der Waals surface area contributed by atoms with E-state index < -0.39 is 5.97 Å². The Morgan fingerprint density at radius 1 is 1.07 bits per heavy atom. The van der Waals surface area contributed by atoms with Gasteiger partial charge in [0.05, 0.1) is 25.9 Å². The molecule has 0 saturated heterocycles. The van der Waals surface area contributed by atoms with Gasteiger partial charge in [-0.15, -0.1) is 0 Å². The molecule has 0 spiro atoms. The number of nitrogens with one attached hydrogen (secondary N) is 1. The van der Waals surface area contributed by atoms with E-state index in [1.165, 1.54) is 12.3 Å². The molecule has 1 N–H and O–H groups in total. The van der Waals surface area contributed by atoms with E-state index in [0.29, 0.717) is 35.9 Å². The number of ether oxygens (including phenoxy) is 3. The van der Waals surface area contributed by atoms with Crippen LogP contribution in [0, 0.1) is 0 Å². The number of methoxy groups -OCH3 is 1. The van der Waals surface area contributed by atoms with Crippen molar-refractivity contribution in [3.05, 3.63) is 47.7 Å². The summed E-state index contributed by atoms with van der Waals surface area (Å²) in [4.78, 5) is 28.0. The summed E-state index contributed by atoms with van der Waals surface area (Å²) in [5.41, 5.74) is 1.30. The molecular weight excluding hydrogens is 348 g/mol. The molecule has 0 radical (unpaired) electrons. The molecule has 0 unspecified atom stereocenters. The number of amides is 1. The number of carbonyl (C=O) groups excluding carboxylic acids is 2. The molecule has 0 atom stereocenters. The third-order valence-electron chi connectivity index (χ3n) is 3.71. The number of carbonyl (C=O) groups is 2. The summed E-state index contributed by atoms with van der Waals surface area (Å²) in [6, 6.07) is 8.63. The van der Waals surface area contributed by atoms with Crippen LogP contribution in [0.15, 0.2) is 36.5 Å². The second-order valence-electron chi connectivity index (χ2n) is 5.62. The molecule has 0 saturated carbocycles. The average Bonchev–Trinajstić information content (AvgIpc) is 2.67. The summed E-state index contributed by atoms with van der Waals surface area (Å²) in [7, 11) is 1.58. The van der Waals surface area contributed by atoms with E-state index in [2.05, 4.69) is 10.3 Å². The van der Waals surface area contributed by atoms with Crippen molar-refractivity contribution in [2.45, 2.75) is 26.7 Å². The van der Waals surface area contributed by atoms with Crippen LogP contribution in [0.4, 0.5) is 5.82 Å². The Hall–Kier alpha value is -3.09. The Morgan fingerprint density at radius 2 is 1.89 bits per heavy atom. The van der Waals surface area contributed by atoms with Gasteiger partial charge in [-0.2, -0.15) is 0 Å². The van der Waals surface area contributed by atoms with Crippen LogP contribution < -0.4 is 14.8 Å². The number of pyridine rings is 1. The largest absolute Gasteiger partial charge is 0.493 e. The van der Waals surface area contributed by atoms with Gasteiger partial charge in [0, 0.05) is 12.6 Å². The molecule has 7 heteroatoms. The molecule has 0 aliphatic carbocycles. The number of aromatic nitrogens is 1. The van der Waals surface area contributed by atoms with E-state index >= 15 is 0 Å². The van der Waals surface area contributed by atoms with Gasteiger partial charge in [0.25, 0.3) is 0 Å². The molecule has 2 rings (SSSR count). The van der Waals surface area contributed by atoms with Crippen LogP contribution in [0.2, 0.25) is 0 Å². The summed E-state index contributed by atoms with van der Waals surface area (Å²) in [5, 5.41) is 2.70. The molecule has 0 aliphatic heterocycles. The standard InChI is InChI=1S/C20H24N2O5/c1-4-26-16-8-6-14(12-17(16)25-3)7-9-19(23)22-18-13-15(10-11-21-18)20(24)27-5-2/h6,8,10-13H,4-5,7,9H2,1-3H3,(H,21,22,23). The Balaban J connectivity index is 1.95. The molecule has 0 bridgehead atoms. The Morgan fingerprint density at radius 3 is 2.59 bits per heavy atom. The van der Waals surface area contributed by atoms with Crippen molar-refractivity contribution in [1.29, 1.82) is 0 Å². The van der Waals surface area contributed by atoms with Crippen LogP contribution in [0.1, 0.15) is 36.2 Å². The summed E-state index contributed by atoms with van der Waals surface area (Å²) in [5.74, 6) is 0.981. The number of nitrogens with zero attached hydrogens (tertiary/aromatic N) is 1. The lowest BCUT2D eigenvalue weighted by molar-refractivity contribution is -0.116. The molecule has 1 aromatic carbocycles. The number of anilines is 1. The fourth-order valence-electron chi connectivity index (χ4n) is 2.45. The minimum absolute atomic E-state index is 0.198. The van der Waals surface area contributed by atoms with Crippen LogP contribution in [0.25, 0.3) is 0 Å². The highest BCUT2D eigenvalue weighted by Crippen LogP contribution is 2.28. The summed E-state index contributed by atoms with van der Waals surface area (Å²) in [6.45, 7) is 4.48. The van der Waals surface area contributed by atoms with E-state index in [4.69, 9.17) is 14.2 Å². The zero-order valence-electron chi connectivity index (χ0n) is 15.8. The zero-order chi connectivity index (χ0) is 19.6. The lowest BCUT2D eigenvalue weighted by Crippen LogP contribution is -2.14. The van der Waals surface area contributed by atoms with Crippen LogP contribution in [0.5, 0.6) is 11.5 Å². The van der Waals surface area contributed by atoms with Gasteiger partial charge in [-0.3, -0.25) is 4.79 Å². The minimum Gasteiger partial charge on any atom is -0.493 e. The average molecular weight is 372 g/mol. The molecule has 144 valence electrons. The normalized spacial score (nSPS) is 10.2. The first-order valence-corrected chi connectivity index (χ1v) is 8.80. The predicted octanol–water partition coefficient (Wildman–Crippen LogP) is 3.24. The molecule has 1 amide bonds. The Bertz CT molecular complexity index is 792. The van der Waals surface area contributed by atoms with Gasteiger partial charge >= 0.3 is 5.97 Å². The number of esters is 1. The number of benzene rings is 1. The van der Waals surface area contributed by atoms with Gasteiger partial charge in [0.2, 0.25) is 5.91 Å². The van der Waals surface area contributed by atoms with E-state index in [1.54, 1.807) is 20.1 Å². The maximum absolute atomic E-state index is 12.2. The molecule has 0 fully saturated rings. The quantitative estimate of drug-likeness (QED) is 0.680. The second-order valence-corrected chi connectivity index (χ2v) is 5.62. The fraction of sp³-hybridized carbons (Fsp3) is 0.350. The number of aryl methyl sites for hydroxylation is 1. The molecule has 1 aromatic heterocycles. The summed E-state index contributed by atoms with van der Waals surface area (Å²) >= 11 is 0. The highest BCUT2D eigenvalue weighted by molar-refractivity contribution is 5.93. The topological polar surface area (TPSA) is 86.8 Å². The third kappa shape index (κ3) is 5.99. The van der Waals surface area contributed by atoms with Crippen molar-refractivity contribution in [1.82, 2.24) is 4.98 Å².